The van der Waals surface area contributed by atoms with Crippen LogP contribution >= 0.6 is 12.2 Å². The van der Waals surface area contributed by atoms with Gasteiger partial charge in [-0.15, -0.1) is 0 Å². The molecule has 2 rings (SSSR count). The molecule has 0 aromatic heterocycles. The summed E-state index contributed by atoms with van der Waals surface area (Å²) in [5.74, 6) is 0.737. The Labute approximate surface area is 107 Å². The number of hydrogen-bond acceptors (Lipinski definition) is 3. The standard InChI is InChI=1S/C13H17NO2S/c15-11-6-4-5-10(9-11)14-13(17)16-12-7-2-1-3-8-12/h1-3,7-8,10-11,15H,4-6,9H2,(H,14,17). The average Bonchev–Trinajstić information content (AvgIpc) is 2.30. The Bertz CT molecular complexity index is 369. The van der Waals surface area contributed by atoms with Gasteiger partial charge in [0.1, 0.15) is 5.75 Å². The molecule has 1 aromatic rings. The van der Waals surface area contributed by atoms with E-state index in [1.165, 1.54) is 0 Å². The minimum absolute atomic E-state index is 0.208. The molecule has 2 N–H and O–H groups in total. The monoisotopic (exact) mass is 251 g/mol. The molecule has 1 fully saturated rings. The van der Waals surface area contributed by atoms with Crippen molar-refractivity contribution in [1.29, 1.82) is 0 Å². The molecule has 0 heterocycles. The summed E-state index contributed by atoms with van der Waals surface area (Å²) < 4.78 is 5.49. The zero-order valence-electron chi connectivity index (χ0n) is 9.63. The van der Waals surface area contributed by atoms with Crippen LogP contribution in [0.5, 0.6) is 5.75 Å². The third-order valence-electron chi connectivity index (χ3n) is 2.92. The minimum atomic E-state index is -0.208. The van der Waals surface area contributed by atoms with Crippen LogP contribution in [0.15, 0.2) is 30.3 Å². The van der Waals surface area contributed by atoms with Gasteiger partial charge in [0, 0.05) is 6.04 Å². The van der Waals surface area contributed by atoms with E-state index in [4.69, 9.17) is 17.0 Å². The highest BCUT2D eigenvalue weighted by Gasteiger charge is 2.20. The van der Waals surface area contributed by atoms with Crippen LogP contribution in [0.2, 0.25) is 0 Å². The van der Waals surface area contributed by atoms with E-state index in [0.717, 1.165) is 31.4 Å². The van der Waals surface area contributed by atoms with Gasteiger partial charge >= 0.3 is 0 Å². The Kier molecular flexibility index (Phi) is 4.34. The Balaban J connectivity index is 1.81. The lowest BCUT2D eigenvalue weighted by atomic mass is 9.93. The normalized spacial score (nSPS) is 24.1. The predicted octanol–water partition coefficient (Wildman–Crippen LogP) is 2.24. The second-order valence-corrected chi connectivity index (χ2v) is 4.74. The van der Waals surface area contributed by atoms with Crippen molar-refractivity contribution in [1.82, 2.24) is 5.32 Å². The van der Waals surface area contributed by atoms with Crippen LogP contribution in [0.1, 0.15) is 25.7 Å². The number of benzene rings is 1. The molecule has 0 amide bonds. The van der Waals surface area contributed by atoms with E-state index in [9.17, 15) is 5.11 Å². The molecule has 2 atom stereocenters. The number of aliphatic hydroxyl groups excluding tert-OH is 1. The number of hydrogen-bond donors (Lipinski definition) is 2. The van der Waals surface area contributed by atoms with E-state index in [-0.39, 0.29) is 12.1 Å². The Hall–Kier alpha value is -1.13. The molecule has 0 aliphatic heterocycles. The molecule has 92 valence electrons. The predicted molar refractivity (Wildman–Crippen MR) is 71.1 cm³/mol. The molecule has 1 aromatic carbocycles. The first-order chi connectivity index (χ1) is 8.24. The zero-order chi connectivity index (χ0) is 12.1. The number of para-hydroxylation sites is 1. The van der Waals surface area contributed by atoms with Gasteiger partial charge in [-0.05, 0) is 50.0 Å². The van der Waals surface area contributed by atoms with Crippen molar-refractivity contribution in [3.05, 3.63) is 30.3 Å². The summed E-state index contributed by atoms with van der Waals surface area (Å²) in [4.78, 5) is 0. The number of nitrogens with one attached hydrogen (secondary N) is 1. The first-order valence-corrected chi connectivity index (χ1v) is 6.36. The Morgan fingerprint density at radius 1 is 1.29 bits per heavy atom. The van der Waals surface area contributed by atoms with Crippen LogP contribution < -0.4 is 10.1 Å². The maximum Gasteiger partial charge on any atom is 0.262 e. The highest BCUT2D eigenvalue weighted by atomic mass is 32.1. The SMILES string of the molecule is OC1CCCC(NC(=S)Oc2ccccc2)C1. The van der Waals surface area contributed by atoms with Crippen LogP contribution in [-0.2, 0) is 0 Å². The molecule has 17 heavy (non-hydrogen) atoms. The third kappa shape index (κ3) is 3.98. The second-order valence-electron chi connectivity index (χ2n) is 4.36. The lowest BCUT2D eigenvalue weighted by Crippen LogP contribution is -2.41. The summed E-state index contributed by atoms with van der Waals surface area (Å²) >= 11 is 5.14. The lowest BCUT2D eigenvalue weighted by Gasteiger charge is -2.27. The fourth-order valence-electron chi connectivity index (χ4n) is 2.09. The summed E-state index contributed by atoms with van der Waals surface area (Å²) in [6, 6.07) is 9.70. The van der Waals surface area contributed by atoms with Gasteiger partial charge in [0.15, 0.2) is 0 Å². The van der Waals surface area contributed by atoms with Crippen molar-refractivity contribution < 1.29 is 9.84 Å². The molecule has 0 radical (unpaired) electrons. The van der Waals surface area contributed by atoms with Crippen molar-refractivity contribution in [2.75, 3.05) is 0 Å². The van der Waals surface area contributed by atoms with Gasteiger partial charge in [-0.1, -0.05) is 18.2 Å². The van der Waals surface area contributed by atoms with Gasteiger partial charge in [-0.25, -0.2) is 0 Å². The smallest absolute Gasteiger partial charge is 0.262 e. The molecule has 2 unspecified atom stereocenters. The number of aliphatic hydroxyl groups is 1. The largest absolute Gasteiger partial charge is 0.432 e. The van der Waals surface area contributed by atoms with Crippen molar-refractivity contribution in [2.45, 2.75) is 37.8 Å². The molecule has 0 bridgehead atoms. The molecule has 1 saturated carbocycles. The quantitative estimate of drug-likeness (QED) is 0.791. The highest BCUT2D eigenvalue weighted by molar-refractivity contribution is 7.80. The van der Waals surface area contributed by atoms with Gasteiger partial charge < -0.3 is 15.2 Å². The molecule has 4 heteroatoms. The third-order valence-corrected chi connectivity index (χ3v) is 3.12. The lowest BCUT2D eigenvalue weighted by molar-refractivity contribution is 0.116. The van der Waals surface area contributed by atoms with Gasteiger partial charge in [-0.2, -0.15) is 0 Å². The number of thiocarbonyl (C=S) groups is 1. The zero-order valence-corrected chi connectivity index (χ0v) is 10.5. The van der Waals surface area contributed by atoms with Gasteiger partial charge in [-0.3, -0.25) is 0 Å². The molecule has 3 nitrogen and oxygen atoms in total. The highest BCUT2D eigenvalue weighted by Crippen LogP contribution is 2.18. The summed E-state index contributed by atoms with van der Waals surface area (Å²) in [5.41, 5.74) is 0. The van der Waals surface area contributed by atoms with Crippen LogP contribution in [0.3, 0.4) is 0 Å². The fraction of sp³-hybridized carbons (Fsp3) is 0.462. The van der Waals surface area contributed by atoms with Crippen LogP contribution in [0.4, 0.5) is 0 Å². The number of rotatable bonds is 2. The van der Waals surface area contributed by atoms with Crippen LogP contribution in [-0.4, -0.2) is 22.4 Å². The van der Waals surface area contributed by atoms with E-state index in [1.54, 1.807) is 0 Å². The van der Waals surface area contributed by atoms with E-state index >= 15 is 0 Å². The van der Waals surface area contributed by atoms with Crippen LogP contribution in [0.25, 0.3) is 0 Å². The van der Waals surface area contributed by atoms with E-state index in [2.05, 4.69) is 5.32 Å². The Morgan fingerprint density at radius 2 is 2.06 bits per heavy atom. The van der Waals surface area contributed by atoms with Gasteiger partial charge in [0.25, 0.3) is 5.17 Å². The minimum Gasteiger partial charge on any atom is -0.432 e. The van der Waals surface area contributed by atoms with Gasteiger partial charge in [0.2, 0.25) is 0 Å². The van der Waals surface area contributed by atoms with Crippen molar-refractivity contribution in [2.24, 2.45) is 0 Å². The summed E-state index contributed by atoms with van der Waals surface area (Å²) in [6.45, 7) is 0. The van der Waals surface area contributed by atoms with E-state index in [1.807, 2.05) is 30.3 Å². The molecule has 1 aliphatic rings. The maximum absolute atomic E-state index is 9.56. The fourth-order valence-corrected chi connectivity index (χ4v) is 2.35. The van der Waals surface area contributed by atoms with E-state index in [0.29, 0.717) is 5.17 Å². The van der Waals surface area contributed by atoms with Crippen molar-refractivity contribution in [3.63, 3.8) is 0 Å². The molecule has 0 spiro atoms. The number of ether oxygens (including phenoxy) is 1. The van der Waals surface area contributed by atoms with Crippen molar-refractivity contribution >= 4 is 17.4 Å². The molecular weight excluding hydrogens is 234 g/mol. The second kappa shape index (κ2) is 5.98. The maximum atomic E-state index is 9.56. The molecule has 0 saturated heterocycles. The summed E-state index contributed by atoms with van der Waals surface area (Å²) in [5, 5.41) is 13.1. The topological polar surface area (TPSA) is 41.5 Å². The van der Waals surface area contributed by atoms with E-state index < -0.39 is 0 Å². The Morgan fingerprint density at radius 3 is 2.76 bits per heavy atom. The molecule has 1 aliphatic carbocycles. The summed E-state index contributed by atoms with van der Waals surface area (Å²) in [7, 11) is 0. The van der Waals surface area contributed by atoms with Gasteiger partial charge in [0.05, 0.1) is 6.10 Å². The molecular formula is C13H17NO2S. The summed E-state index contributed by atoms with van der Waals surface area (Å²) in [6.07, 6.45) is 3.51. The first kappa shape index (κ1) is 12.3. The first-order valence-electron chi connectivity index (χ1n) is 5.95. The van der Waals surface area contributed by atoms with Crippen molar-refractivity contribution in [3.8, 4) is 5.75 Å². The van der Waals surface area contributed by atoms with Crippen LogP contribution in [0, 0.1) is 0 Å². The average molecular weight is 251 g/mol.